The molecule has 1 aromatic heterocycles. The van der Waals surface area contributed by atoms with Crippen LogP contribution in [-0.4, -0.2) is 14.8 Å². The predicted octanol–water partition coefficient (Wildman–Crippen LogP) is 0.913. The zero-order chi connectivity index (χ0) is 8.97. The Morgan fingerprint density at radius 2 is 2.50 bits per heavy atom. The summed E-state index contributed by atoms with van der Waals surface area (Å²) in [6.07, 6.45) is 3.98. The summed E-state index contributed by atoms with van der Waals surface area (Å²) in [5.41, 5.74) is 6.56. The van der Waals surface area contributed by atoms with E-state index in [1.165, 1.54) is 0 Å². The highest BCUT2D eigenvalue weighted by Gasteiger charge is 2.09. The zero-order valence-electron chi connectivity index (χ0n) is 6.40. The molecule has 12 heavy (non-hydrogen) atoms. The number of carbonyl (C=O) groups is 1. The summed E-state index contributed by atoms with van der Waals surface area (Å²) in [7, 11) is 0. The van der Waals surface area contributed by atoms with Crippen molar-refractivity contribution in [3.63, 3.8) is 0 Å². The molecule has 64 valence electrons. The molecule has 3 nitrogen and oxygen atoms in total. The number of halogens is 1. The zero-order valence-corrected chi connectivity index (χ0v) is 8.56. The highest BCUT2D eigenvalue weighted by molar-refractivity contribution is 14.1. The Bertz CT molecular complexity index is 263. The lowest BCUT2D eigenvalue weighted by molar-refractivity contribution is -0.110. The van der Waals surface area contributed by atoms with Gasteiger partial charge in [-0.2, -0.15) is 0 Å². The van der Waals surface area contributed by atoms with Crippen molar-refractivity contribution in [3.05, 3.63) is 30.1 Å². The van der Waals surface area contributed by atoms with Crippen LogP contribution in [0.3, 0.4) is 0 Å². The third kappa shape index (κ3) is 2.86. The maximum Gasteiger partial charge on any atom is 0.209 e. The Kier molecular flexibility index (Phi) is 3.61. The summed E-state index contributed by atoms with van der Waals surface area (Å²) >= 11 is 1.71. The Hall–Kier alpha value is -0.490. The van der Waals surface area contributed by atoms with Crippen molar-refractivity contribution in [2.75, 3.05) is 0 Å². The number of aromatic nitrogens is 1. The van der Waals surface area contributed by atoms with Crippen LogP contribution in [0.5, 0.6) is 0 Å². The van der Waals surface area contributed by atoms with Crippen LogP contribution in [0, 0.1) is 0 Å². The molecule has 0 aromatic carbocycles. The fourth-order valence-electron chi connectivity index (χ4n) is 0.853. The van der Waals surface area contributed by atoms with Gasteiger partial charge >= 0.3 is 0 Å². The number of hydrogen-bond acceptors (Lipinski definition) is 3. The molecule has 4 heteroatoms. The normalized spacial score (nSPS) is 12.5. The molecule has 0 aliphatic rings. The van der Waals surface area contributed by atoms with Crippen molar-refractivity contribution < 1.29 is 4.79 Å². The average molecular weight is 276 g/mol. The standard InChI is InChI=1S/C8H9IN2O/c9-8(12)7(10)4-6-2-1-3-11-5-6/h1-3,5,7H,4,10H2/t7-/m0/s1. The van der Waals surface area contributed by atoms with E-state index >= 15 is 0 Å². The van der Waals surface area contributed by atoms with Crippen LogP contribution in [0.2, 0.25) is 0 Å². The monoisotopic (exact) mass is 276 g/mol. The highest BCUT2D eigenvalue weighted by atomic mass is 127. The fraction of sp³-hybridized carbons (Fsp3) is 0.250. The Balaban J connectivity index is 2.58. The van der Waals surface area contributed by atoms with Gasteiger partial charge in [0.25, 0.3) is 0 Å². The topological polar surface area (TPSA) is 56.0 Å². The van der Waals surface area contributed by atoms with Gasteiger partial charge in [0.1, 0.15) is 0 Å². The second kappa shape index (κ2) is 4.51. The van der Waals surface area contributed by atoms with Crippen LogP contribution in [0.25, 0.3) is 0 Å². The van der Waals surface area contributed by atoms with Crippen molar-refractivity contribution in [1.29, 1.82) is 0 Å². The number of rotatable bonds is 3. The van der Waals surface area contributed by atoms with Crippen molar-refractivity contribution in [3.8, 4) is 0 Å². The summed E-state index contributed by atoms with van der Waals surface area (Å²) in [6.45, 7) is 0. The number of pyridine rings is 1. The number of nitrogens with two attached hydrogens (primary N) is 1. The van der Waals surface area contributed by atoms with E-state index in [0.717, 1.165) is 5.56 Å². The van der Waals surface area contributed by atoms with Gasteiger partial charge in [-0.15, -0.1) is 0 Å². The maximum absolute atomic E-state index is 10.8. The van der Waals surface area contributed by atoms with E-state index < -0.39 is 6.04 Å². The first-order valence-electron chi connectivity index (χ1n) is 3.54. The molecule has 0 fully saturated rings. The van der Waals surface area contributed by atoms with Crippen LogP contribution in [0.1, 0.15) is 5.56 Å². The van der Waals surface area contributed by atoms with Crippen LogP contribution < -0.4 is 5.73 Å². The molecule has 1 rings (SSSR count). The largest absolute Gasteiger partial charge is 0.321 e. The van der Waals surface area contributed by atoms with E-state index in [4.69, 9.17) is 5.73 Å². The predicted molar refractivity (Wildman–Crippen MR) is 54.9 cm³/mol. The van der Waals surface area contributed by atoms with Crippen molar-refractivity contribution in [1.82, 2.24) is 4.98 Å². The van der Waals surface area contributed by atoms with Gasteiger partial charge in [0, 0.05) is 35.0 Å². The smallest absolute Gasteiger partial charge is 0.209 e. The van der Waals surface area contributed by atoms with E-state index in [1.54, 1.807) is 35.0 Å². The molecule has 0 aliphatic carbocycles. The summed E-state index contributed by atoms with van der Waals surface area (Å²) in [5, 5.41) is 0. The van der Waals surface area contributed by atoms with Crippen LogP contribution in [0.15, 0.2) is 24.5 Å². The van der Waals surface area contributed by atoms with E-state index in [9.17, 15) is 4.79 Å². The van der Waals surface area contributed by atoms with Crippen molar-refractivity contribution in [2.24, 2.45) is 5.73 Å². The average Bonchev–Trinajstić information content (AvgIpc) is 2.06. The Morgan fingerprint density at radius 3 is 3.00 bits per heavy atom. The van der Waals surface area contributed by atoms with Crippen molar-refractivity contribution in [2.45, 2.75) is 12.5 Å². The SMILES string of the molecule is N[C@@H](Cc1cccnc1)C(=O)I. The molecule has 2 N–H and O–H groups in total. The number of nitrogens with zero attached hydrogens (tertiary/aromatic N) is 1. The molecule has 0 radical (unpaired) electrons. The van der Waals surface area contributed by atoms with Gasteiger partial charge in [-0.05, 0) is 18.1 Å². The van der Waals surface area contributed by atoms with E-state index in [0.29, 0.717) is 6.42 Å². The lowest BCUT2D eigenvalue weighted by Crippen LogP contribution is -2.28. The van der Waals surface area contributed by atoms with Gasteiger partial charge < -0.3 is 5.73 Å². The van der Waals surface area contributed by atoms with Gasteiger partial charge in [0.05, 0.1) is 6.04 Å². The third-order valence-electron chi connectivity index (χ3n) is 1.47. The molecule has 1 aromatic rings. The summed E-state index contributed by atoms with van der Waals surface area (Å²) < 4.78 is -0.0172. The molecule has 0 saturated heterocycles. The molecule has 0 aliphatic heterocycles. The summed E-state index contributed by atoms with van der Waals surface area (Å²) in [6, 6.07) is 3.33. The van der Waals surface area contributed by atoms with E-state index in [1.807, 2.05) is 12.1 Å². The quantitative estimate of drug-likeness (QED) is 0.659. The van der Waals surface area contributed by atoms with Crippen LogP contribution >= 0.6 is 22.6 Å². The van der Waals surface area contributed by atoms with Gasteiger partial charge in [-0.1, -0.05) is 6.07 Å². The minimum Gasteiger partial charge on any atom is -0.321 e. The van der Waals surface area contributed by atoms with Gasteiger partial charge in [-0.3, -0.25) is 9.78 Å². The maximum atomic E-state index is 10.8. The van der Waals surface area contributed by atoms with Crippen molar-refractivity contribution >= 4 is 26.4 Å². The Morgan fingerprint density at radius 1 is 1.75 bits per heavy atom. The van der Waals surface area contributed by atoms with Crippen LogP contribution in [0.4, 0.5) is 0 Å². The first-order valence-corrected chi connectivity index (χ1v) is 4.62. The van der Waals surface area contributed by atoms with Gasteiger partial charge in [-0.25, -0.2) is 0 Å². The second-order valence-electron chi connectivity index (χ2n) is 2.48. The second-order valence-corrected chi connectivity index (χ2v) is 3.54. The highest BCUT2D eigenvalue weighted by Crippen LogP contribution is 2.02. The molecule has 0 saturated carbocycles. The lowest BCUT2D eigenvalue weighted by Gasteiger charge is -2.04. The molecular formula is C8H9IN2O. The van der Waals surface area contributed by atoms with E-state index in [2.05, 4.69) is 4.98 Å². The summed E-state index contributed by atoms with van der Waals surface area (Å²) in [4.78, 5) is 14.7. The molecule has 0 spiro atoms. The summed E-state index contributed by atoms with van der Waals surface area (Å²) in [5.74, 6) is 0. The minimum absolute atomic E-state index is 0.0172. The number of hydrogen-bond donors (Lipinski definition) is 1. The molecule has 1 atom stereocenters. The molecule has 0 amide bonds. The van der Waals surface area contributed by atoms with Gasteiger partial charge in [0.2, 0.25) is 3.79 Å². The minimum atomic E-state index is -0.408. The lowest BCUT2D eigenvalue weighted by atomic mass is 10.1. The molecule has 1 heterocycles. The van der Waals surface area contributed by atoms with E-state index in [-0.39, 0.29) is 3.79 Å². The van der Waals surface area contributed by atoms with Gasteiger partial charge in [0.15, 0.2) is 0 Å². The molecular weight excluding hydrogens is 267 g/mol. The first-order chi connectivity index (χ1) is 5.70. The fourth-order valence-corrected chi connectivity index (χ4v) is 1.07. The Labute approximate surface area is 84.5 Å². The molecule has 0 bridgehead atoms. The number of carbonyl (C=O) groups excluding carboxylic acids is 1. The molecule has 0 unspecified atom stereocenters. The third-order valence-corrected chi connectivity index (χ3v) is 2.27. The van der Waals surface area contributed by atoms with Crippen LogP contribution in [-0.2, 0) is 11.2 Å². The first kappa shape index (κ1) is 9.60.